The van der Waals surface area contributed by atoms with Crippen molar-refractivity contribution in [2.75, 3.05) is 0 Å². The van der Waals surface area contributed by atoms with Gasteiger partial charge in [0.2, 0.25) is 0 Å². The molecule has 45 heavy (non-hydrogen) atoms. The monoisotopic (exact) mass is 664 g/mol. The lowest BCUT2D eigenvalue weighted by Gasteiger charge is -2.64. The number of rotatable bonds is 12. The summed E-state index contributed by atoms with van der Waals surface area (Å²) < 4.78 is 19.5. The van der Waals surface area contributed by atoms with Crippen molar-refractivity contribution in [3.63, 3.8) is 0 Å². The van der Waals surface area contributed by atoms with Gasteiger partial charge in [0.25, 0.3) is 5.91 Å². The summed E-state index contributed by atoms with van der Waals surface area (Å²) in [5.41, 5.74) is 2.90. The van der Waals surface area contributed by atoms with Crippen molar-refractivity contribution in [1.82, 2.24) is 10.2 Å². The van der Waals surface area contributed by atoms with Crippen LogP contribution in [-0.2, 0) is 30.2 Å². The van der Waals surface area contributed by atoms with Crippen LogP contribution in [0.3, 0.4) is 0 Å². The summed E-state index contributed by atoms with van der Waals surface area (Å²) in [5, 5.41) is 5.51. The summed E-state index contributed by atoms with van der Waals surface area (Å²) in [5.74, 6) is -2.01. The molecule has 7 nitrogen and oxygen atoms in total. The summed E-state index contributed by atoms with van der Waals surface area (Å²) in [6.45, 7) is 7.63. The van der Waals surface area contributed by atoms with Crippen molar-refractivity contribution in [2.24, 2.45) is 0 Å². The zero-order chi connectivity index (χ0) is 32.1. The minimum Gasteiger partial charge on any atom is -0.451 e. The van der Waals surface area contributed by atoms with Crippen LogP contribution >= 0.6 is 35.6 Å². The first kappa shape index (κ1) is 33.3. The number of halogens is 1. The summed E-state index contributed by atoms with van der Waals surface area (Å²) in [6, 6.07) is 25.1. The maximum absolute atomic E-state index is 14.3. The number of nitrogens with zero attached hydrogens (tertiary/aromatic N) is 1. The van der Waals surface area contributed by atoms with Crippen LogP contribution in [0.1, 0.15) is 50.5 Å². The molecule has 1 saturated heterocycles. The third-order valence-corrected chi connectivity index (χ3v) is 9.15. The average molecular weight is 665 g/mol. The maximum Gasteiger partial charge on any atom is 0.329 e. The van der Waals surface area contributed by atoms with Gasteiger partial charge in [0.05, 0.1) is 22.6 Å². The lowest BCUT2D eigenvalue weighted by atomic mass is 9.93. The van der Waals surface area contributed by atoms with Crippen molar-refractivity contribution < 1.29 is 23.8 Å². The Morgan fingerprint density at radius 3 is 2.02 bits per heavy atom. The Labute approximate surface area is 279 Å². The third kappa shape index (κ3) is 7.35. The molecule has 0 spiro atoms. The molecule has 0 radical (unpaired) electrons. The fourth-order valence-electron chi connectivity index (χ4n) is 5.69. The maximum atomic E-state index is 14.3. The lowest BCUT2D eigenvalue weighted by Crippen LogP contribution is -2.85. The number of hydrogen-bond acceptors (Lipinski definition) is 8. The standard InChI is InChI=1S/C35H37ClN2O5S2/c1-22(2)42-35(43-23(3)4)32(37-29(44)19-24-15-17-28(36)18-16-24)33-38(35)30(27(20-39)21-45-33)34(40)41-31(25-11-7-5-8-12-25)26-13-9-6-10-14-26/h5-18,20-23,30-33H,19H2,1-4H3,(H,37,44)/t30?,32?,33-/m1/s1. The summed E-state index contributed by atoms with van der Waals surface area (Å²) in [4.78, 5) is 29.2. The number of thioether (sulfide) groups is 1. The van der Waals surface area contributed by atoms with Crippen LogP contribution in [0.5, 0.6) is 0 Å². The molecule has 0 bridgehead atoms. The minimum atomic E-state index is -1.43. The molecule has 2 aliphatic heterocycles. The zero-order valence-corrected chi connectivity index (χ0v) is 28.0. The smallest absolute Gasteiger partial charge is 0.329 e. The molecular weight excluding hydrogens is 628 g/mol. The summed E-state index contributed by atoms with van der Waals surface area (Å²) in [6.07, 6.45) is -0.0675. The molecule has 0 aliphatic carbocycles. The van der Waals surface area contributed by atoms with Gasteiger partial charge in [0, 0.05) is 17.0 Å². The van der Waals surface area contributed by atoms with Crippen LogP contribution in [0.4, 0.5) is 0 Å². The zero-order valence-electron chi connectivity index (χ0n) is 25.6. The second-order valence-corrected chi connectivity index (χ2v) is 13.4. The first-order valence-corrected chi connectivity index (χ1v) is 16.6. The van der Waals surface area contributed by atoms with E-state index in [4.69, 9.17) is 38.0 Å². The molecule has 0 amide bonds. The largest absolute Gasteiger partial charge is 0.451 e. The van der Waals surface area contributed by atoms with E-state index in [1.54, 1.807) is 5.41 Å². The predicted octanol–water partition coefficient (Wildman–Crippen LogP) is 6.84. The third-order valence-electron chi connectivity index (χ3n) is 7.45. The van der Waals surface area contributed by atoms with Gasteiger partial charge in [0.1, 0.15) is 18.4 Å². The SMILES string of the molecule is CC(C)OC1(OC(C)C)C(NC(=S)Cc2ccc(Cl)cc2)[C@H]2SC=C(C=O)C(C(=O)OC(c3ccccc3)c3ccccc3)N21. The van der Waals surface area contributed by atoms with Gasteiger partial charge in [-0.2, -0.15) is 0 Å². The molecule has 1 fully saturated rings. The van der Waals surface area contributed by atoms with E-state index in [9.17, 15) is 9.59 Å². The van der Waals surface area contributed by atoms with E-state index in [-0.39, 0.29) is 23.2 Å². The van der Waals surface area contributed by atoms with Crippen LogP contribution in [0.15, 0.2) is 95.9 Å². The van der Waals surface area contributed by atoms with Gasteiger partial charge in [-0.3, -0.25) is 4.79 Å². The number of ether oxygens (including phenoxy) is 3. The van der Waals surface area contributed by atoms with E-state index in [1.807, 2.05) is 118 Å². The van der Waals surface area contributed by atoms with E-state index >= 15 is 0 Å². The van der Waals surface area contributed by atoms with Crippen molar-refractivity contribution >= 4 is 52.8 Å². The van der Waals surface area contributed by atoms with Crippen LogP contribution in [0.25, 0.3) is 0 Å². The van der Waals surface area contributed by atoms with E-state index in [0.29, 0.717) is 22.7 Å². The molecule has 236 valence electrons. The van der Waals surface area contributed by atoms with Gasteiger partial charge in [-0.15, -0.1) is 11.8 Å². The minimum absolute atomic E-state index is 0.271. The quantitative estimate of drug-likeness (QED) is 0.0969. The number of fused-ring (bicyclic) bond motifs is 1. The highest BCUT2D eigenvalue weighted by atomic mass is 35.5. The second kappa shape index (κ2) is 14.6. The van der Waals surface area contributed by atoms with Crippen LogP contribution < -0.4 is 5.32 Å². The molecule has 5 rings (SSSR count). The van der Waals surface area contributed by atoms with Crippen LogP contribution in [0, 0.1) is 0 Å². The van der Waals surface area contributed by atoms with Gasteiger partial charge in [-0.05, 0) is 61.9 Å². The van der Waals surface area contributed by atoms with Gasteiger partial charge in [-0.1, -0.05) is 96.6 Å². The molecule has 3 aromatic rings. The number of aldehydes is 1. The molecule has 0 saturated carbocycles. The topological polar surface area (TPSA) is 77.1 Å². The van der Waals surface area contributed by atoms with Crippen molar-refractivity contribution in [2.45, 2.75) is 75.8 Å². The Morgan fingerprint density at radius 1 is 0.956 bits per heavy atom. The highest BCUT2D eigenvalue weighted by Gasteiger charge is 2.69. The van der Waals surface area contributed by atoms with Crippen LogP contribution in [-0.4, -0.2) is 57.7 Å². The average Bonchev–Trinajstić information content (AvgIpc) is 3.03. The molecule has 2 aliphatic rings. The lowest BCUT2D eigenvalue weighted by molar-refractivity contribution is -0.407. The number of hydrogen-bond donors (Lipinski definition) is 1. The Bertz CT molecular complexity index is 1470. The highest BCUT2D eigenvalue weighted by Crippen LogP contribution is 2.51. The normalized spacial score (nSPS) is 20.7. The van der Waals surface area contributed by atoms with Gasteiger partial charge < -0.3 is 19.5 Å². The first-order valence-electron chi connectivity index (χ1n) is 14.9. The van der Waals surface area contributed by atoms with Crippen molar-refractivity contribution in [3.05, 3.63) is 118 Å². The number of carbonyl (C=O) groups is 2. The second-order valence-electron chi connectivity index (χ2n) is 11.5. The Kier molecular flexibility index (Phi) is 10.8. The first-order chi connectivity index (χ1) is 21.6. The number of nitrogens with one attached hydrogen (secondary N) is 1. The van der Waals surface area contributed by atoms with Crippen LogP contribution in [0.2, 0.25) is 5.02 Å². The number of thiocarbonyl (C=S) groups is 1. The molecule has 1 N–H and O–H groups in total. The summed E-state index contributed by atoms with van der Waals surface area (Å²) in [7, 11) is 0. The fourth-order valence-corrected chi connectivity index (χ4v) is 7.39. The van der Waals surface area contributed by atoms with E-state index < -0.39 is 30.1 Å². The van der Waals surface area contributed by atoms with E-state index in [0.717, 1.165) is 16.7 Å². The molecule has 2 heterocycles. The van der Waals surface area contributed by atoms with Gasteiger partial charge in [0.15, 0.2) is 6.10 Å². The molecule has 3 aromatic carbocycles. The number of carbonyl (C=O) groups excluding carboxylic acids is 2. The van der Waals surface area contributed by atoms with Crippen molar-refractivity contribution in [3.8, 4) is 0 Å². The number of esters is 1. The Hall–Kier alpha value is -3.05. The number of benzene rings is 3. The van der Waals surface area contributed by atoms with E-state index in [2.05, 4.69) is 5.32 Å². The van der Waals surface area contributed by atoms with Crippen molar-refractivity contribution in [1.29, 1.82) is 0 Å². The predicted molar refractivity (Wildman–Crippen MR) is 182 cm³/mol. The molecule has 2 unspecified atom stereocenters. The fraction of sp³-hybridized carbons (Fsp3) is 0.343. The Morgan fingerprint density at radius 2 is 1.51 bits per heavy atom. The molecule has 10 heteroatoms. The van der Waals surface area contributed by atoms with Gasteiger partial charge >= 0.3 is 5.97 Å². The summed E-state index contributed by atoms with van der Waals surface area (Å²) >= 11 is 13.3. The molecular formula is C35H37ClN2O5S2. The van der Waals surface area contributed by atoms with Gasteiger partial charge in [-0.25, -0.2) is 9.69 Å². The highest BCUT2D eigenvalue weighted by molar-refractivity contribution is 8.02. The van der Waals surface area contributed by atoms with E-state index in [1.165, 1.54) is 11.8 Å². The molecule has 0 aromatic heterocycles. The molecule has 3 atom stereocenters. The Balaban J connectivity index is 1.50.